The van der Waals surface area contributed by atoms with Gasteiger partial charge in [0.1, 0.15) is 6.04 Å². The Balaban J connectivity index is 1.87. The highest BCUT2D eigenvalue weighted by atomic mass is 35.5. The largest absolute Gasteiger partial charge is 0.354 e. The van der Waals surface area contributed by atoms with E-state index in [0.29, 0.717) is 36.7 Å². The van der Waals surface area contributed by atoms with Gasteiger partial charge in [0.25, 0.3) is 0 Å². The average Bonchev–Trinajstić information content (AvgIpc) is 2.91. The maximum absolute atomic E-state index is 13.8. The molecule has 3 rings (SSSR count). The molecule has 196 valence electrons. The van der Waals surface area contributed by atoms with Crippen LogP contribution in [0.5, 0.6) is 0 Å². The van der Waals surface area contributed by atoms with E-state index >= 15 is 0 Å². The molecule has 0 saturated heterocycles. The average molecular weight is 519 g/mol. The number of amides is 2. The molecule has 3 aromatic rings. The lowest BCUT2D eigenvalue weighted by Crippen LogP contribution is -2.50. The topological polar surface area (TPSA) is 49.4 Å². The number of hydrogen-bond donors (Lipinski definition) is 1. The Bertz CT molecular complexity index is 1130. The zero-order valence-corrected chi connectivity index (χ0v) is 23.0. The summed E-state index contributed by atoms with van der Waals surface area (Å²) in [6.07, 6.45) is 3.26. The van der Waals surface area contributed by atoms with E-state index in [-0.39, 0.29) is 18.4 Å². The number of aryl methyl sites for hydroxylation is 1. The zero-order chi connectivity index (χ0) is 26.6. The van der Waals surface area contributed by atoms with Crippen molar-refractivity contribution in [2.24, 2.45) is 0 Å². The van der Waals surface area contributed by atoms with Crippen LogP contribution in [0.3, 0.4) is 0 Å². The number of nitrogens with one attached hydrogen (secondary N) is 1. The molecule has 0 spiro atoms. The Hall–Kier alpha value is -3.11. The third-order valence-corrected chi connectivity index (χ3v) is 7.04. The van der Waals surface area contributed by atoms with E-state index in [9.17, 15) is 9.59 Å². The second kappa shape index (κ2) is 14.6. The fourth-order valence-electron chi connectivity index (χ4n) is 4.33. The van der Waals surface area contributed by atoms with Crippen LogP contribution in [0.4, 0.5) is 0 Å². The summed E-state index contributed by atoms with van der Waals surface area (Å²) in [5.74, 6) is 0.283. The molecule has 0 heterocycles. The van der Waals surface area contributed by atoms with Crippen LogP contribution in [0.15, 0.2) is 78.9 Å². The molecule has 1 atom stereocenters. The molecule has 0 bridgehead atoms. The molecule has 0 unspecified atom stereocenters. The maximum Gasteiger partial charge on any atom is 0.243 e. The molecule has 0 aliphatic rings. The van der Waals surface area contributed by atoms with Crippen molar-refractivity contribution in [1.29, 1.82) is 0 Å². The molecule has 0 aliphatic carbocycles. The number of halogens is 1. The van der Waals surface area contributed by atoms with Gasteiger partial charge >= 0.3 is 0 Å². The summed E-state index contributed by atoms with van der Waals surface area (Å²) in [5.41, 5.74) is 4.24. The van der Waals surface area contributed by atoms with Gasteiger partial charge in [-0.05, 0) is 47.1 Å². The Morgan fingerprint density at radius 1 is 0.892 bits per heavy atom. The van der Waals surface area contributed by atoms with Crippen molar-refractivity contribution < 1.29 is 9.59 Å². The molecule has 5 heteroatoms. The maximum atomic E-state index is 13.8. The SMILES string of the molecule is CCCCNC(=O)[C@H](Cc1ccccc1)N(Cc1ccccc1Cl)C(=O)CCc1ccc(C(C)C)cc1. The number of unbranched alkanes of at least 4 members (excludes halogenated alkanes) is 1. The first-order chi connectivity index (χ1) is 17.9. The van der Waals surface area contributed by atoms with Gasteiger partial charge in [0.15, 0.2) is 0 Å². The first-order valence-electron chi connectivity index (χ1n) is 13.3. The van der Waals surface area contributed by atoms with Gasteiger partial charge in [0.2, 0.25) is 11.8 Å². The highest BCUT2D eigenvalue weighted by Gasteiger charge is 2.30. The Morgan fingerprint density at radius 2 is 1.57 bits per heavy atom. The van der Waals surface area contributed by atoms with Crippen LogP contribution in [0.25, 0.3) is 0 Å². The number of rotatable bonds is 13. The lowest BCUT2D eigenvalue weighted by atomic mass is 9.99. The summed E-state index contributed by atoms with van der Waals surface area (Å²) in [6, 6.07) is 25.2. The predicted molar refractivity (Wildman–Crippen MR) is 153 cm³/mol. The highest BCUT2D eigenvalue weighted by molar-refractivity contribution is 6.31. The van der Waals surface area contributed by atoms with E-state index in [1.165, 1.54) is 5.56 Å². The zero-order valence-electron chi connectivity index (χ0n) is 22.3. The van der Waals surface area contributed by atoms with Gasteiger partial charge in [-0.1, -0.05) is 112 Å². The van der Waals surface area contributed by atoms with Gasteiger partial charge in [-0.25, -0.2) is 0 Å². The smallest absolute Gasteiger partial charge is 0.243 e. The minimum atomic E-state index is -0.633. The summed E-state index contributed by atoms with van der Waals surface area (Å²) in [6.45, 7) is 7.31. The summed E-state index contributed by atoms with van der Waals surface area (Å²) in [7, 11) is 0. The minimum Gasteiger partial charge on any atom is -0.354 e. The fraction of sp³-hybridized carbons (Fsp3) is 0.375. The van der Waals surface area contributed by atoms with Crippen LogP contribution >= 0.6 is 11.6 Å². The third-order valence-electron chi connectivity index (χ3n) is 6.67. The van der Waals surface area contributed by atoms with E-state index in [0.717, 1.165) is 29.5 Å². The van der Waals surface area contributed by atoms with Gasteiger partial charge in [-0.15, -0.1) is 0 Å². The van der Waals surface area contributed by atoms with Crippen LogP contribution in [-0.2, 0) is 29.0 Å². The van der Waals surface area contributed by atoms with E-state index < -0.39 is 6.04 Å². The van der Waals surface area contributed by atoms with Crippen molar-refractivity contribution in [3.05, 3.63) is 106 Å². The monoisotopic (exact) mass is 518 g/mol. The highest BCUT2D eigenvalue weighted by Crippen LogP contribution is 2.22. The van der Waals surface area contributed by atoms with Crippen LogP contribution in [0.2, 0.25) is 5.02 Å². The van der Waals surface area contributed by atoms with Gasteiger partial charge in [0.05, 0.1) is 0 Å². The fourth-order valence-corrected chi connectivity index (χ4v) is 4.53. The number of hydrogen-bond acceptors (Lipinski definition) is 2. The molecular weight excluding hydrogens is 480 g/mol. The van der Waals surface area contributed by atoms with Gasteiger partial charge in [0, 0.05) is 31.0 Å². The Kier molecular flexibility index (Phi) is 11.2. The minimum absolute atomic E-state index is 0.0561. The second-order valence-electron chi connectivity index (χ2n) is 9.86. The molecule has 0 fully saturated rings. The van der Waals surface area contributed by atoms with Crippen molar-refractivity contribution in [3.8, 4) is 0 Å². The van der Waals surface area contributed by atoms with Crippen molar-refractivity contribution in [2.45, 2.75) is 71.4 Å². The third kappa shape index (κ3) is 8.75. The number of nitrogens with zero attached hydrogens (tertiary/aromatic N) is 1. The molecule has 3 aromatic carbocycles. The van der Waals surface area contributed by atoms with Crippen LogP contribution in [-0.4, -0.2) is 29.3 Å². The molecule has 0 aliphatic heterocycles. The Morgan fingerprint density at radius 3 is 2.22 bits per heavy atom. The predicted octanol–water partition coefficient (Wildman–Crippen LogP) is 6.95. The van der Waals surface area contributed by atoms with Crippen LogP contribution in [0, 0.1) is 0 Å². The quantitative estimate of drug-likeness (QED) is 0.249. The van der Waals surface area contributed by atoms with Gasteiger partial charge < -0.3 is 10.2 Å². The van der Waals surface area contributed by atoms with E-state index in [2.05, 4.69) is 50.4 Å². The number of benzene rings is 3. The lowest BCUT2D eigenvalue weighted by molar-refractivity contribution is -0.141. The van der Waals surface area contributed by atoms with Crippen molar-refractivity contribution in [3.63, 3.8) is 0 Å². The van der Waals surface area contributed by atoms with E-state index in [4.69, 9.17) is 11.6 Å². The molecule has 0 aromatic heterocycles. The van der Waals surface area contributed by atoms with Crippen molar-refractivity contribution >= 4 is 23.4 Å². The normalized spacial score (nSPS) is 11.8. The number of carbonyl (C=O) groups excluding carboxylic acids is 2. The van der Waals surface area contributed by atoms with Crippen LogP contribution in [0.1, 0.15) is 68.2 Å². The van der Waals surface area contributed by atoms with E-state index in [1.807, 2.05) is 54.6 Å². The van der Waals surface area contributed by atoms with Gasteiger partial charge in [-0.3, -0.25) is 9.59 Å². The van der Waals surface area contributed by atoms with Crippen LogP contribution < -0.4 is 5.32 Å². The van der Waals surface area contributed by atoms with Crippen molar-refractivity contribution in [1.82, 2.24) is 10.2 Å². The molecule has 4 nitrogen and oxygen atoms in total. The van der Waals surface area contributed by atoms with Crippen molar-refractivity contribution in [2.75, 3.05) is 6.54 Å². The molecule has 1 N–H and O–H groups in total. The molecule has 0 radical (unpaired) electrons. The second-order valence-corrected chi connectivity index (χ2v) is 10.3. The molecule has 37 heavy (non-hydrogen) atoms. The molecular formula is C32H39ClN2O2. The summed E-state index contributed by atoms with van der Waals surface area (Å²) in [5, 5.41) is 3.66. The summed E-state index contributed by atoms with van der Waals surface area (Å²) >= 11 is 6.49. The van der Waals surface area contributed by atoms with Gasteiger partial charge in [-0.2, -0.15) is 0 Å². The summed E-state index contributed by atoms with van der Waals surface area (Å²) in [4.78, 5) is 29.0. The summed E-state index contributed by atoms with van der Waals surface area (Å²) < 4.78 is 0. The first-order valence-corrected chi connectivity index (χ1v) is 13.7. The number of carbonyl (C=O) groups is 2. The Labute approximate surface area is 227 Å². The lowest BCUT2D eigenvalue weighted by Gasteiger charge is -2.32. The molecule has 2 amide bonds. The van der Waals surface area contributed by atoms with E-state index in [1.54, 1.807) is 4.90 Å². The molecule has 0 saturated carbocycles. The standard InChI is InChI=1S/C32H39ClN2O2/c1-4-5-21-34-32(37)30(22-26-11-7-6-8-12-26)35(23-28-13-9-10-14-29(28)33)31(36)20-17-25-15-18-27(19-16-25)24(2)3/h6-16,18-19,24,30H,4-5,17,20-23H2,1-3H3,(H,34,37)/t30-/m0/s1. The first kappa shape index (κ1) is 28.5.